The van der Waals surface area contributed by atoms with Crippen molar-refractivity contribution in [3.63, 3.8) is 0 Å². The normalized spacial score (nSPS) is 12.2. The van der Waals surface area contributed by atoms with Gasteiger partial charge in [0, 0.05) is 5.02 Å². The third kappa shape index (κ3) is 6.37. The van der Waals surface area contributed by atoms with Crippen molar-refractivity contribution in [2.24, 2.45) is 0 Å². The number of sulfonamides is 1. The molecule has 0 spiro atoms. The van der Waals surface area contributed by atoms with E-state index >= 15 is 0 Å². The molecule has 0 aliphatic heterocycles. The van der Waals surface area contributed by atoms with Crippen molar-refractivity contribution in [3.8, 4) is 11.5 Å². The lowest BCUT2D eigenvalue weighted by Crippen LogP contribution is -2.41. The maximum atomic E-state index is 13.7. The number of nitrogens with zero attached hydrogens (tertiary/aromatic N) is 1. The Morgan fingerprint density at radius 2 is 1.59 bits per heavy atom. The van der Waals surface area contributed by atoms with E-state index in [4.69, 9.17) is 21.1 Å². The van der Waals surface area contributed by atoms with Gasteiger partial charge in [-0.25, -0.2) is 8.42 Å². The van der Waals surface area contributed by atoms with E-state index in [0.29, 0.717) is 5.02 Å². The first kappa shape index (κ1) is 28.3. The average Bonchev–Trinajstić information content (AvgIpc) is 2.87. The Balaban J connectivity index is 1.97. The van der Waals surface area contributed by atoms with Crippen molar-refractivity contribution in [2.45, 2.75) is 44.6 Å². The SMILES string of the molecule is COc1cc(C)c([C@H](C)NC(=O)CN(c2cc(Cl)ccc2OC)S(=O)(=O)c2ccccc2)cc1C(C)C. The first-order valence-corrected chi connectivity index (χ1v) is 13.7. The van der Waals surface area contributed by atoms with Crippen LogP contribution in [0.2, 0.25) is 5.02 Å². The second kappa shape index (κ2) is 11.9. The number of anilines is 1. The molecule has 0 saturated heterocycles. The minimum atomic E-state index is -4.12. The van der Waals surface area contributed by atoms with Crippen molar-refractivity contribution in [1.82, 2.24) is 5.32 Å². The Kier molecular flexibility index (Phi) is 9.10. The molecular weight excluding hydrogens is 512 g/mol. The molecule has 198 valence electrons. The molecule has 0 fully saturated rings. The minimum Gasteiger partial charge on any atom is -0.496 e. The number of benzene rings is 3. The van der Waals surface area contributed by atoms with Crippen molar-refractivity contribution < 1.29 is 22.7 Å². The standard InChI is InChI=1S/C28H33ClN2O5S/c1-18(2)23-16-24(19(3)14-27(23)36-6)20(4)30-28(32)17-31(25-15-21(29)12-13-26(25)35-5)37(33,34)22-10-8-7-9-11-22/h7-16,18,20H,17H2,1-6H3,(H,30,32)/t20-/m0/s1. The van der Waals surface area contributed by atoms with Crippen LogP contribution in [0.25, 0.3) is 0 Å². The lowest BCUT2D eigenvalue weighted by molar-refractivity contribution is -0.120. The summed E-state index contributed by atoms with van der Waals surface area (Å²) in [7, 11) is -1.05. The van der Waals surface area contributed by atoms with Crippen LogP contribution in [-0.4, -0.2) is 35.1 Å². The lowest BCUT2D eigenvalue weighted by atomic mass is 9.93. The van der Waals surface area contributed by atoms with Gasteiger partial charge in [0.05, 0.1) is 30.8 Å². The van der Waals surface area contributed by atoms with Gasteiger partial charge in [-0.15, -0.1) is 0 Å². The topological polar surface area (TPSA) is 84.9 Å². The third-order valence-corrected chi connectivity index (χ3v) is 8.12. The van der Waals surface area contributed by atoms with E-state index in [-0.39, 0.29) is 28.3 Å². The number of halogens is 1. The summed E-state index contributed by atoms with van der Waals surface area (Å²) in [6, 6.07) is 16.2. The van der Waals surface area contributed by atoms with Crippen LogP contribution in [0.3, 0.4) is 0 Å². The van der Waals surface area contributed by atoms with Crippen LogP contribution in [0.5, 0.6) is 11.5 Å². The fraction of sp³-hybridized carbons (Fsp3) is 0.321. The van der Waals surface area contributed by atoms with Crippen molar-refractivity contribution in [3.05, 3.63) is 82.4 Å². The molecule has 0 unspecified atom stereocenters. The van der Waals surface area contributed by atoms with E-state index in [1.165, 1.54) is 25.3 Å². The van der Waals surface area contributed by atoms with Gasteiger partial charge in [0.15, 0.2) is 0 Å². The molecule has 1 amide bonds. The highest BCUT2D eigenvalue weighted by Gasteiger charge is 2.30. The fourth-order valence-electron chi connectivity index (χ4n) is 4.18. The largest absolute Gasteiger partial charge is 0.496 e. The van der Waals surface area contributed by atoms with Crippen LogP contribution in [0.15, 0.2) is 65.6 Å². The van der Waals surface area contributed by atoms with E-state index < -0.39 is 22.5 Å². The molecule has 7 nitrogen and oxygen atoms in total. The molecule has 0 aliphatic carbocycles. The van der Waals surface area contributed by atoms with Gasteiger partial charge in [-0.2, -0.15) is 0 Å². The van der Waals surface area contributed by atoms with Crippen LogP contribution < -0.4 is 19.1 Å². The summed E-state index contributed by atoms with van der Waals surface area (Å²) in [4.78, 5) is 13.4. The molecule has 0 heterocycles. The average molecular weight is 545 g/mol. The van der Waals surface area contributed by atoms with Crippen LogP contribution >= 0.6 is 11.6 Å². The number of hydrogen-bond acceptors (Lipinski definition) is 5. The summed E-state index contributed by atoms with van der Waals surface area (Å²) in [5.41, 5.74) is 3.08. The third-order valence-electron chi connectivity index (χ3n) is 6.11. The molecule has 0 aromatic heterocycles. The molecule has 0 aliphatic rings. The van der Waals surface area contributed by atoms with Gasteiger partial charge in [0.25, 0.3) is 10.0 Å². The number of carbonyl (C=O) groups is 1. The predicted molar refractivity (Wildman–Crippen MR) is 147 cm³/mol. The Morgan fingerprint density at radius 3 is 2.19 bits per heavy atom. The zero-order valence-electron chi connectivity index (χ0n) is 21.9. The smallest absolute Gasteiger partial charge is 0.264 e. The molecule has 9 heteroatoms. The molecule has 1 N–H and O–H groups in total. The Bertz CT molecular complexity index is 1360. The molecule has 3 aromatic rings. The zero-order valence-corrected chi connectivity index (χ0v) is 23.5. The van der Waals surface area contributed by atoms with E-state index in [2.05, 4.69) is 19.2 Å². The summed E-state index contributed by atoms with van der Waals surface area (Å²) in [6.07, 6.45) is 0. The summed E-state index contributed by atoms with van der Waals surface area (Å²) >= 11 is 6.21. The molecule has 0 saturated carbocycles. The van der Waals surface area contributed by atoms with Gasteiger partial charge in [-0.1, -0.05) is 43.6 Å². The minimum absolute atomic E-state index is 0.0467. The molecule has 3 rings (SSSR count). The molecule has 0 radical (unpaired) electrons. The van der Waals surface area contributed by atoms with E-state index in [0.717, 1.165) is 26.7 Å². The lowest BCUT2D eigenvalue weighted by Gasteiger charge is -2.27. The number of carbonyl (C=O) groups excluding carboxylic acids is 1. The number of nitrogens with one attached hydrogen (secondary N) is 1. The predicted octanol–water partition coefficient (Wildman–Crippen LogP) is 5.86. The highest BCUT2D eigenvalue weighted by atomic mass is 35.5. The van der Waals surface area contributed by atoms with Crippen LogP contribution in [0, 0.1) is 6.92 Å². The highest BCUT2D eigenvalue weighted by Crippen LogP contribution is 2.35. The number of ether oxygens (including phenoxy) is 2. The molecule has 0 bridgehead atoms. The fourth-order valence-corrected chi connectivity index (χ4v) is 5.79. The van der Waals surface area contributed by atoms with Gasteiger partial charge in [0.2, 0.25) is 5.91 Å². The van der Waals surface area contributed by atoms with E-state index in [1.807, 2.05) is 26.0 Å². The van der Waals surface area contributed by atoms with Crippen molar-refractivity contribution in [1.29, 1.82) is 0 Å². The summed E-state index contributed by atoms with van der Waals surface area (Å²) in [5.74, 6) is 0.814. The zero-order chi connectivity index (χ0) is 27.3. The van der Waals surface area contributed by atoms with Gasteiger partial charge < -0.3 is 14.8 Å². The second-order valence-electron chi connectivity index (χ2n) is 9.04. The Hall–Kier alpha value is -3.23. The Labute approximate surface area is 224 Å². The highest BCUT2D eigenvalue weighted by molar-refractivity contribution is 7.92. The maximum absolute atomic E-state index is 13.7. The van der Waals surface area contributed by atoms with Crippen molar-refractivity contribution >= 4 is 33.2 Å². The van der Waals surface area contributed by atoms with Gasteiger partial charge >= 0.3 is 0 Å². The summed E-state index contributed by atoms with van der Waals surface area (Å²) in [6.45, 7) is 7.50. The quantitative estimate of drug-likeness (QED) is 0.345. The number of amides is 1. The first-order valence-electron chi connectivity index (χ1n) is 11.9. The maximum Gasteiger partial charge on any atom is 0.264 e. The summed E-state index contributed by atoms with van der Waals surface area (Å²) < 4.78 is 39.3. The Morgan fingerprint density at radius 1 is 0.946 bits per heavy atom. The van der Waals surface area contributed by atoms with Gasteiger partial charge in [-0.3, -0.25) is 9.10 Å². The summed E-state index contributed by atoms with van der Waals surface area (Å²) in [5, 5.41) is 3.27. The molecule has 3 aromatic carbocycles. The second-order valence-corrected chi connectivity index (χ2v) is 11.3. The van der Waals surface area contributed by atoms with Crippen molar-refractivity contribution in [2.75, 3.05) is 25.1 Å². The first-order chi connectivity index (χ1) is 17.5. The number of aryl methyl sites for hydroxylation is 1. The monoisotopic (exact) mass is 544 g/mol. The number of hydrogen-bond donors (Lipinski definition) is 1. The van der Waals surface area contributed by atoms with E-state index in [1.54, 1.807) is 37.4 Å². The van der Waals surface area contributed by atoms with Gasteiger partial charge in [-0.05, 0) is 78.9 Å². The van der Waals surface area contributed by atoms with Gasteiger partial charge in [0.1, 0.15) is 18.0 Å². The molecular formula is C28H33ClN2O5S. The molecule has 37 heavy (non-hydrogen) atoms. The van der Waals surface area contributed by atoms with Crippen LogP contribution in [0.1, 0.15) is 49.4 Å². The molecule has 1 atom stereocenters. The van der Waals surface area contributed by atoms with Crippen LogP contribution in [-0.2, 0) is 14.8 Å². The number of rotatable bonds is 10. The van der Waals surface area contributed by atoms with Crippen LogP contribution in [0.4, 0.5) is 5.69 Å². The van der Waals surface area contributed by atoms with E-state index in [9.17, 15) is 13.2 Å². The number of methoxy groups -OCH3 is 2.